The highest BCUT2D eigenvalue weighted by Gasteiger charge is 1.99. The fourth-order valence-corrected chi connectivity index (χ4v) is 4.65. The maximum Gasteiger partial charge on any atom is 0.0374 e. The maximum atomic E-state index is 2.26. The van der Waals surface area contributed by atoms with Crippen molar-refractivity contribution >= 4 is 42.8 Å². The highest BCUT2D eigenvalue weighted by Crippen LogP contribution is 2.28. The molecule has 0 amide bonds. The van der Waals surface area contributed by atoms with Crippen molar-refractivity contribution in [2.24, 2.45) is 0 Å². The van der Waals surface area contributed by atoms with Crippen LogP contribution in [0, 0.1) is 27.7 Å². The summed E-state index contributed by atoms with van der Waals surface area (Å²) < 4.78 is 2.84. The van der Waals surface area contributed by atoms with Gasteiger partial charge in [-0.15, -0.1) is 22.7 Å². The fraction of sp³-hybridized carbons (Fsp3) is 0.200. The molecule has 0 aliphatic heterocycles. The van der Waals surface area contributed by atoms with Gasteiger partial charge in [-0.25, -0.2) is 0 Å². The molecule has 0 saturated carbocycles. The third kappa shape index (κ3) is 3.08. The quantitative estimate of drug-likeness (QED) is 0.325. The molecule has 4 aromatic rings. The molecular weight excluding hydrogens is 304 g/mol. The zero-order valence-corrected chi connectivity index (χ0v) is 15.1. The average molecular weight is 325 g/mol. The molecule has 2 aromatic heterocycles. The van der Waals surface area contributed by atoms with Gasteiger partial charge in [0, 0.05) is 19.2 Å². The van der Waals surface area contributed by atoms with Gasteiger partial charge >= 0.3 is 0 Å². The Morgan fingerprint density at radius 1 is 0.682 bits per heavy atom. The van der Waals surface area contributed by atoms with Gasteiger partial charge in [0.25, 0.3) is 0 Å². The van der Waals surface area contributed by atoms with Crippen molar-refractivity contribution in [3.63, 3.8) is 0 Å². The van der Waals surface area contributed by atoms with Crippen molar-refractivity contribution in [2.75, 3.05) is 0 Å². The van der Waals surface area contributed by atoms with Crippen LogP contribution in [0.1, 0.15) is 20.9 Å². The molecule has 4 rings (SSSR count). The molecule has 0 nitrogen and oxygen atoms in total. The number of hydrogen-bond donors (Lipinski definition) is 0. The zero-order valence-electron chi connectivity index (χ0n) is 13.4. The highest BCUT2D eigenvalue weighted by atomic mass is 32.1. The molecule has 2 heterocycles. The highest BCUT2D eigenvalue weighted by molar-refractivity contribution is 7.19. The van der Waals surface area contributed by atoms with E-state index in [9.17, 15) is 0 Å². The summed E-state index contributed by atoms with van der Waals surface area (Å²) in [4.78, 5) is 2.80. The molecule has 0 unspecified atom stereocenters. The lowest BCUT2D eigenvalue weighted by Gasteiger charge is -1.91. The van der Waals surface area contributed by atoms with E-state index >= 15 is 0 Å². The number of rotatable bonds is 0. The Labute approximate surface area is 140 Å². The van der Waals surface area contributed by atoms with E-state index in [-0.39, 0.29) is 0 Å². The van der Waals surface area contributed by atoms with Crippen molar-refractivity contribution < 1.29 is 0 Å². The minimum Gasteiger partial charge on any atom is -0.141 e. The SMILES string of the molecule is Cc1cc2c(C)cccc2s1.Cc1cc2cccc(C)c2s1. The molecule has 0 N–H and O–H groups in total. The smallest absolute Gasteiger partial charge is 0.0374 e. The summed E-state index contributed by atoms with van der Waals surface area (Å²) >= 11 is 3.75. The van der Waals surface area contributed by atoms with Crippen molar-refractivity contribution in [1.82, 2.24) is 0 Å². The second-order valence-electron chi connectivity index (χ2n) is 5.69. The lowest BCUT2D eigenvalue weighted by Crippen LogP contribution is -1.69. The van der Waals surface area contributed by atoms with E-state index in [2.05, 4.69) is 76.2 Å². The molecule has 0 aliphatic rings. The van der Waals surface area contributed by atoms with Gasteiger partial charge in [-0.3, -0.25) is 0 Å². The van der Waals surface area contributed by atoms with E-state index in [1.807, 2.05) is 22.7 Å². The molecule has 0 fully saturated rings. The predicted molar refractivity (Wildman–Crippen MR) is 103 cm³/mol. The van der Waals surface area contributed by atoms with Gasteiger partial charge < -0.3 is 0 Å². The first-order valence-corrected chi connectivity index (χ1v) is 9.09. The second kappa shape index (κ2) is 6.23. The lowest BCUT2D eigenvalue weighted by molar-refractivity contribution is 1.54. The fourth-order valence-electron chi connectivity index (χ4n) is 2.67. The molecule has 0 aliphatic carbocycles. The molecule has 22 heavy (non-hydrogen) atoms. The summed E-state index contributed by atoms with van der Waals surface area (Å²) in [5, 5.41) is 2.79. The van der Waals surface area contributed by atoms with Crippen LogP contribution >= 0.6 is 22.7 Å². The largest absolute Gasteiger partial charge is 0.141 e. The van der Waals surface area contributed by atoms with Gasteiger partial charge in [0.15, 0.2) is 0 Å². The first-order chi connectivity index (χ1) is 10.5. The summed E-state index contributed by atoms with van der Waals surface area (Å²) in [7, 11) is 0. The van der Waals surface area contributed by atoms with Crippen LogP contribution in [0.2, 0.25) is 0 Å². The standard InChI is InChI=1S/2C10H10S/c1-7-4-3-5-10-9(7)6-8(2)11-10;1-7-4-3-5-9-6-8(2)11-10(7)9/h2*3-6H,1-2H3. The summed E-state index contributed by atoms with van der Waals surface area (Å²) in [6, 6.07) is 17.4. The minimum atomic E-state index is 1.38. The van der Waals surface area contributed by atoms with Crippen LogP contribution in [-0.2, 0) is 0 Å². The number of aryl methyl sites for hydroxylation is 4. The van der Waals surface area contributed by atoms with E-state index in [1.165, 1.54) is 41.1 Å². The molecule has 0 saturated heterocycles. The third-order valence-electron chi connectivity index (χ3n) is 3.77. The van der Waals surface area contributed by atoms with E-state index in [4.69, 9.17) is 0 Å². The Morgan fingerprint density at radius 2 is 1.36 bits per heavy atom. The van der Waals surface area contributed by atoms with E-state index in [1.54, 1.807) is 0 Å². The van der Waals surface area contributed by atoms with Gasteiger partial charge in [-0.1, -0.05) is 30.3 Å². The van der Waals surface area contributed by atoms with Crippen LogP contribution in [0.3, 0.4) is 0 Å². The van der Waals surface area contributed by atoms with Crippen molar-refractivity contribution in [2.45, 2.75) is 27.7 Å². The first kappa shape index (κ1) is 15.3. The second-order valence-corrected chi connectivity index (χ2v) is 8.24. The van der Waals surface area contributed by atoms with Crippen LogP contribution in [0.5, 0.6) is 0 Å². The van der Waals surface area contributed by atoms with Crippen molar-refractivity contribution in [3.8, 4) is 0 Å². The summed E-state index contributed by atoms with van der Waals surface area (Å²) in [5.41, 5.74) is 2.77. The van der Waals surface area contributed by atoms with Crippen molar-refractivity contribution in [3.05, 3.63) is 69.4 Å². The van der Waals surface area contributed by atoms with Gasteiger partial charge in [-0.05, 0) is 67.8 Å². The lowest BCUT2D eigenvalue weighted by atomic mass is 10.1. The summed E-state index contributed by atoms with van der Waals surface area (Å²) in [6.45, 7) is 8.64. The number of fused-ring (bicyclic) bond motifs is 2. The number of benzene rings is 2. The molecule has 112 valence electrons. The van der Waals surface area contributed by atoms with Crippen LogP contribution in [-0.4, -0.2) is 0 Å². The maximum absolute atomic E-state index is 2.26. The predicted octanol–water partition coefficient (Wildman–Crippen LogP) is 7.04. The monoisotopic (exact) mass is 324 g/mol. The molecule has 2 aromatic carbocycles. The normalized spacial score (nSPS) is 10.7. The Bertz CT molecular complexity index is 847. The molecule has 2 heteroatoms. The van der Waals surface area contributed by atoms with Crippen LogP contribution in [0.4, 0.5) is 0 Å². The Hall–Kier alpha value is -1.64. The number of thiophene rings is 2. The van der Waals surface area contributed by atoms with Crippen LogP contribution < -0.4 is 0 Å². The minimum absolute atomic E-state index is 1.38. The van der Waals surface area contributed by atoms with Crippen molar-refractivity contribution in [1.29, 1.82) is 0 Å². The molecule has 0 spiro atoms. The van der Waals surface area contributed by atoms with Crippen LogP contribution in [0.25, 0.3) is 20.2 Å². The zero-order chi connectivity index (χ0) is 15.7. The summed E-state index contributed by atoms with van der Waals surface area (Å²) in [6.07, 6.45) is 0. The topological polar surface area (TPSA) is 0 Å². The van der Waals surface area contributed by atoms with Crippen LogP contribution in [0.15, 0.2) is 48.5 Å². The van der Waals surface area contributed by atoms with E-state index in [0.717, 1.165) is 0 Å². The Kier molecular flexibility index (Phi) is 4.32. The molecule has 0 atom stereocenters. The number of hydrogen-bond acceptors (Lipinski definition) is 2. The average Bonchev–Trinajstić information content (AvgIpc) is 3.03. The third-order valence-corrected chi connectivity index (χ3v) is 5.98. The van der Waals surface area contributed by atoms with E-state index in [0.29, 0.717) is 0 Å². The van der Waals surface area contributed by atoms with E-state index < -0.39 is 0 Å². The summed E-state index contributed by atoms with van der Waals surface area (Å²) in [5.74, 6) is 0. The Morgan fingerprint density at radius 3 is 2.09 bits per heavy atom. The molecule has 0 radical (unpaired) electrons. The van der Waals surface area contributed by atoms with Gasteiger partial charge in [-0.2, -0.15) is 0 Å². The van der Waals surface area contributed by atoms with Gasteiger partial charge in [0.05, 0.1) is 0 Å². The first-order valence-electron chi connectivity index (χ1n) is 7.46. The van der Waals surface area contributed by atoms with Gasteiger partial charge in [0.2, 0.25) is 0 Å². The Balaban J connectivity index is 0.000000131. The van der Waals surface area contributed by atoms with Gasteiger partial charge in [0.1, 0.15) is 0 Å². The molecular formula is C20H20S2. The molecule has 0 bridgehead atoms.